The highest BCUT2D eigenvalue weighted by molar-refractivity contribution is 9.12. The molecule has 31 nitrogen and oxygen atoms in total. The Morgan fingerprint density at radius 2 is 1.01 bits per heavy atom. The molecule has 0 spiro atoms. The second kappa shape index (κ2) is 42.9. The first kappa shape index (κ1) is 97.0. The Hall–Kier alpha value is -10.1. The van der Waals surface area contributed by atoms with Crippen molar-refractivity contribution in [3.8, 4) is 34.3 Å². The van der Waals surface area contributed by atoms with E-state index in [2.05, 4.69) is 104 Å². The molecule has 11 aromatic rings. The zero-order valence-corrected chi connectivity index (χ0v) is 77.3. The van der Waals surface area contributed by atoms with E-state index in [0.717, 1.165) is 79.8 Å². The van der Waals surface area contributed by atoms with E-state index in [-0.39, 0.29) is 81.2 Å². The number of nitro benzene ring substituents is 3. The molecule has 4 aliphatic rings. The minimum absolute atomic E-state index is 0.0244. The Labute approximate surface area is 731 Å². The van der Waals surface area contributed by atoms with Crippen LogP contribution in [0.4, 0.5) is 22.7 Å². The number of nitrogens with zero attached hydrogens (tertiary/aromatic N) is 13. The maximum atomic E-state index is 11.2. The van der Waals surface area contributed by atoms with Gasteiger partial charge in [0.15, 0.2) is 0 Å². The van der Waals surface area contributed by atoms with Gasteiger partial charge >= 0.3 is 14.0 Å². The first-order chi connectivity index (χ1) is 56.3. The standard InChI is InChI=1S/C16H16N4O3.C16H18N4O.C12H24B2O4.C8H6BrN3O2.C8H12BrNO.C8H10BrNO.C8H6N2O2.C5H4BrNO.C2H6/c1-10(2)23-15-7-4-11(9-17-15)16-13-8-12(20(21)22)5-6-14(13)19(3)18-16;1-10(2)21-15-7-4-11(9-18-15)16-13-8-12(17)5-6-14(13)20(3)19-16;1-9(2)10(3,4)16-13(15-9)14-17-11(5,6)12(7,8)18-14;1-11-7-3-2-5(12(13)14)4-6(7)8(9)10-11;1-6(2)11-8-4-3-7(9)5-10-8;1-6(2)10-5-7(9)3-4-8(10)11;11-10(12)8-2-1-6-4-9-5-7(6)3-8;6-4-1-2-5(8)7-3-4;1-2/h4-10H,1-3H3;4-10H,17H2,1-3H3;1-8H3;2-4H,1H3;3-6,8,10H,1-2H3;3-6H,1-2H3;1-3,5H,4H2;1-3H,(H,7,8);1-2H3. The van der Waals surface area contributed by atoms with Crippen LogP contribution in [0.1, 0.15) is 142 Å². The zero-order valence-electron chi connectivity index (χ0n) is 70.9. The lowest BCUT2D eigenvalue weighted by Gasteiger charge is -2.32. The van der Waals surface area contributed by atoms with E-state index in [9.17, 15) is 39.9 Å². The maximum absolute atomic E-state index is 11.2. The molecule has 15 rings (SSSR count). The van der Waals surface area contributed by atoms with Crippen LogP contribution in [0, 0.1) is 30.3 Å². The average Bonchev–Trinajstić information content (AvgIpc) is 1.60. The van der Waals surface area contributed by atoms with Crippen molar-refractivity contribution in [2.45, 2.75) is 184 Å². The van der Waals surface area contributed by atoms with Gasteiger partial charge in [-0.15, -0.1) is 0 Å². The molecule has 2 saturated heterocycles. The van der Waals surface area contributed by atoms with Crippen molar-refractivity contribution in [1.82, 2.24) is 54.2 Å². The van der Waals surface area contributed by atoms with Crippen LogP contribution in [0.25, 0.3) is 55.2 Å². The van der Waals surface area contributed by atoms with Gasteiger partial charge in [-0.1, -0.05) is 13.8 Å². The number of halogens is 4. The number of dihydropyridines is 1. The van der Waals surface area contributed by atoms with Crippen molar-refractivity contribution >= 4 is 139 Å². The molecule has 120 heavy (non-hydrogen) atoms. The minimum Gasteiger partial charge on any atom is -0.475 e. The second-order valence-corrected chi connectivity index (χ2v) is 33.7. The van der Waals surface area contributed by atoms with Crippen molar-refractivity contribution in [2.75, 3.05) is 5.73 Å². The number of allylic oxidation sites excluding steroid dienone is 2. The first-order valence-electron chi connectivity index (χ1n) is 38.3. The number of hydrogen-bond acceptors (Lipinski definition) is 23. The van der Waals surface area contributed by atoms with Gasteiger partial charge < -0.3 is 53.4 Å². The molecular formula is C83H102B2Br4N16O15. The number of ether oxygens (including phenoxy) is 3. The van der Waals surface area contributed by atoms with Gasteiger partial charge in [0.05, 0.1) is 78.6 Å². The third-order valence-corrected chi connectivity index (χ3v) is 20.7. The third kappa shape index (κ3) is 26.7. The summed E-state index contributed by atoms with van der Waals surface area (Å²) >= 11 is 13.1. The number of benzene rings is 4. The van der Waals surface area contributed by atoms with Gasteiger partial charge in [-0.25, -0.2) is 9.97 Å². The summed E-state index contributed by atoms with van der Waals surface area (Å²) in [6.07, 6.45) is 14.8. The lowest BCUT2D eigenvalue weighted by Crippen LogP contribution is -2.41. The van der Waals surface area contributed by atoms with Gasteiger partial charge in [-0.05, 0) is 253 Å². The summed E-state index contributed by atoms with van der Waals surface area (Å²) in [5.41, 5.74) is 13.3. The van der Waals surface area contributed by atoms with Crippen LogP contribution in [-0.4, -0.2) is 131 Å². The summed E-state index contributed by atoms with van der Waals surface area (Å²) in [4.78, 5) is 67.3. The van der Waals surface area contributed by atoms with E-state index < -0.39 is 28.8 Å². The summed E-state index contributed by atoms with van der Waals surface area (Å²) < 4.78 is 50.8. The van der Waals surface area contributed by atoms with Crippen LogP contribution in [-0.2, 0) is 51.0 Å². The fourth-order valence-electron chi connectivity index (χ4n) is 11.4. The Morgan fingerprint density at radius 1 is 0.558 bits per heavy atom. The molecule has 4 N–H and O–H groups in total. The Morgan fingerprint density at radius 3 is 1.43 bits per heavy atom. The molecule has 1 atom stereocenters. The average molecular weight is 1910 g/mol. The molecule has 2 fully saturated rings. The number of hydrogen-bond donors (Lipinski definition) is 3. The lowest BCUT2D eigenvalue weighted by atomic mass is 9.49. The molecule has 638 valence electrons. The van der Waals surface area contributed by atoms with Gasteiger partial charge in [-0.2, -0.15) is 15.3 Å². The molecule has 0 bridgehead atoms. The summed E-state index contributed by atoms with van der Waals surface area (Å²) in [7, 11) is 4.57. The minimum atomic E-state index is -0.476. The molecule has 0 amide bonds. The van der Waals surface area contributed by atoms with Gasteiger partial charge in [0.25, 0.3) is 22.6 Å². The topological polar surface area (TPSA) is 379 Å². The number of nitro groups is 3. The van der Waals surface area contributed by atoms with Crippen LogP contribution in [0.2, 0.25) is 0 Å². The monoisotopic (exact) mass is 1900 g/mol. The molecule has 37 heteroatoms. The number of anilines is 1. The normalized spacial score (nSPS) is 15.2. The number of rotatable bonds is 13. The molecule has 4 aromatic carbocycles. The van der Waals surface area contributed by atoms with E-state index in [1.165, 1.54) is 36.4 Å². The number of non-ortho nitro benzene ring substituents is 3. The number of aromatic nitrogens is 10. The van der Waals surface area contributed by atoms with Crippen LogP contribution >= 0.6 is 63.7 Å². The number of nitrogens with one attached hydrogen (secondary N) is 2. The quantitative estimate of drug-likeness (QED) is 0.0418. The van der Waals surface area contributed by atoms with E-state index in [1.807, 2.05) is 191 Å². The number of fused-ring (bicyclic) bond motifs is 4. The summed E-state index contributed by atoms with van der Waals surface area (Å²) in [6, 6.07) is 34.1. The maximum Gasteiger partial charge on any atom is 0.488 e. The molecule has 4 aliphatic heterocycles. The third-order valence-electron chi connectivity index (χ3n) is 18.7. The molecular weight excluding hydrogens is 1800 g/mol. The number of aromatic amines is 1. The van der Waals surface area contributed by atoms with Crippen LogP contribution in [0.15, 0.2) is 197 Å². The fraction of sp³-hybridized carbons (Fsp3) is 0.373. The van der Waals surface area contributed by atoms with Crippen LogP contribution in [0.5, 0.6) is 11.8 Å². The highest BCUT2D eigenvalue weighted by Crippen LogP contribution is 2.43. The Balaban J connectivity index is 0.000000192. The van der Waals surface area contributed by atoms with Gasteiger partial charge in [0.1, 0.15) is 22.2 Å². The van der Waals surface area contributed by atoms with E-state index in [4.69, 9.17) is 38.6 Å². The number of nitrogen functional groups attached to an aromatic ring is 1. The summed E-state index contributed by atoms with van der Waals surface area (Å²) in [6.45, 7) is 36.7. The van der Waals surface area contributed by atoms with E-state index in [1.54, 1.807) is 108 Å². The van der Waals surface area contributed by atoms with Crippen molar-refractivity contribution in [3.63, 3.8) is 0 Å². The van der Waals surface area contributed by atoms with Gasteiger partial charge in [0, 0.05) is 177 Å². The SMILES string of the molecule is CC.CC(C)OC1C=CC(Br)=CN1.CC(C)Oc1ccc(-c2nn(C)c3ccc(N)cc23)cn1.CC(C)Oc1ccc(-c2nn(C)c3ccc([N+](=O)[O-])cc23)cn1.CC(C)n1cc(Br)ccc1=O.CC1(C)OB(B2OC(C)(C)C(C)(C)O2)OC1(C)C.Cn1nc(Br)c2cc([N+](=O)[O-])ccc21.O=[N+]([O-])c1ccc2c(c1)C=NC2.O=c1ccc(Br)c[nH]1. The largest absolute Gasteiger partial charge is 0.488 e. The number of aryl methyl sites for hydroxylation is 3. The highest BCUT2D eigenvalue weighted by Gasteiger charge is 2.63. The summed E-state index contributed by atoms with van der Waals surface area (Å²) in [5.74, 6) is 1.16. The van der Waals surface area contributed by atoms with Crippen molar-refractivity contribution in [1.29, 1.82) is 0 Å². The molecule has 1 unspecified atom stereocenters. The number of aliphatic imine (C=N–C) groups is 1. The second-order valence-electron chi connectivity index (χ2n) is 30.2. The summed E-state index contributed by atoms with van der Waals surface area (Å²) in [5, 5.41) is 50.6. The fourth-order valence-corrected chi connectivity index (χ4v) is 12.8. The Kier molecular flexibility index (Phi) is 34.7. The highest BCUT2D eigenvalue weighted by atomic mass is 79.9. The Bertz CT molecular complexity index is 5490. The number of nitrogens with two attached hydrogens (primary N) is 1. The number of pyridine rings is 4. The van der Waals surface area contributed by atoms with E-state index >= 15 is 0 Å². The molecule has 0 aliphatic carbocycles. The van der Waals surface area contributed by atoms with Crippen LogP contribution < -0.4 is 31.6 Å². The first-order valence-corrected chi connectivity index (χ1v) is 41.5. The predicted molar refractivity (Wildman–Crippen MR) is 486 cm³/mol. The van der Waals surface area contributed by atoms with Crippen LogP contribution in [0.3, 0.4) is 0 Å². The lowest BCUT2D eigenvalue weighted by molar-refractivity contribution is -0.385. The number of H-pyrrole nitrogens is 1. The van der Waals surface area contributed by atoms with Crippen molar-refractivity contribution < 1.29 is 47.6 Å². The molecule has 0 radical (unpaired) electrons. The predicted octanol–water partition coefficient (Wildman–Crippen LogP) is 18.8. The zero-order chi connectivity index (χ0) is 89.1. The smallest absolute Gasteiger partial charge is 0.475 e. The van der Waals surface area contributed by atoms with Crippen molar-refractivity contribution in [3.05, 3.63) is 245 Å². The molecule has 0 saturated carbocycles. The van der Waals surface area contributed by atoms with Gasteiger partial charge in [0.2, 0.25) is 17.3 Å². The molecule has 11 heterocycles. The van der Waals surface area contributed by atoms with E-state index in [0.29, 0.717) is 28.6 Å². The van der Waals surface area contributed by atoms with Crippen molar-refractivity contribution in [2.24, 2.45) is 26.1 Å². The van der Waals surface area contributed by atoms with Gasteiger partial charge in [-0.3, -0.25) is 59.0 Å². The molecule has 7 aromatic heterocycles.